The van der Waals surface area contributed by atoms with E-state index in [9.17, 15) is 9.18 Å². The average molecular weight is 432 g/mol. The molecule has 0 aromatic heterocycles. The summed E-state index contributed by atoms with van der Waals surface area (Å²) in [5.41, 5.74) is 7.40. The molecule has 1 heterocycles. The van der Waals surface area contributed by atoms with E-state index < -0.39 is 0 Å². The van der Waals surface area contributed by atoms with Crippen LogP contribution in [-0.4, -0.2) is 31.6 Å². The molecule has 1 aromatic rings. The van der Waals surface area contributed by atoms with Crippen LogP contribution in [0.5, 0.6) is 0 Å². The van der Waals surface area contributed by atoms with Gasteiger partial charge < -0.3 is 16.0 Å². The highest BCUT2D eigenvalue weighted by Crippen LogP contribution is 2.41. The Labute approximate surface area is 179 Å². The predicted molar refractivity (Wildman–Crippen MR) is 116 cm³/mol. The van der Waals surface area contributed by atoms with E-state index in [-0.39, 0.29) is 42.5 Å². The maximum Gasteiger partial charge on any atom is 0.223 e. The lowest BCUT2D eigenvalue weighted by Gasteiger charge is -2.43. The van der Waals surface area contributed by atoms with Crippen molar-refractivity contribution in [2.75, 3.05) is 24.5 Å². The molecule has 158 valence electrons. The number of nitrogens with one attached hydrogen (secondary N) is 1. The van der Waals surface area contributed by atoms with Crippen LogP contribution in [-0.2, 0) is 4.79 Å². The molecule has 1 aliphatic heterocycles. The van der Waals surface area contributed by atoms with Gasteiger partial charge in [0.2, 0.25) is 5.91 Å². The zero-order valence-electron chi connectivity index (χ0n) is 16.2. The Morgan fingerprint density at radius 2 is 1.75 bits per heavy atom. The molecule has 1 amide bonds. The van der Waals surface area contributed by atoms with E-state index in [1.165, 1.54) is 31.4 Å². The van der Waals surface area contributed by atoms with Gasteiger partial charge >= 0.3 is 0 Å². The van der Waals surface area contributed by atoms with Crippen molar-refractivity contribution in [2.24, 2.45) is 29.4 Å². The third-order valence-electron chi connectivity index (χ3n) is 6.83. The van der Waals surface area contributed by atoms with Crippen molar-refractivity contribution in [1.29, 1.82) is 0 Å². The van der Waals surface area contributed by atoms with Crippen LogP contribution in [0.2, 0.25) is 0 Å². The van der Waals surface area contributed by atoms with E-state index in [1.54, 1.807) is 0 Å². The molecule has 2 saturated carbocycles. The zero-order valence-corrected chi connectivity index (χ0v) is 17.8. The minimum Gasteiger partial charge on any atom is -0.371 e. The van der Waals surface area contributed by atoms with Crippen LogP contribution >= 0.6 is 24.8 Å². The summed E-state index contributed by atoms with van der Waals surface area (Å²) in [5.74, 6) is 1.73. The topological polar surface area (TPSA) is 58.4 Å². The normalized spacial score (nSPS) is 31.5. The van der Waals surface area contributed by atoms with Gasteiger partial charge in [0.15, 0.2) is 0 Å². The summed E-state index contributed by atoms with van der Waals surface area (Å²) in [6.45, 7) is 2.63. The second kappa shape index (κ2) is 10.1. The Morgan fingerprint density at radius 3 is 2.39 bits per heavy atom. The highest BCUT2D eigenvalue weighted by molar-refractivity contribution is 5.85. The first-order valence-corrected chi connectivity index (χ1v) is 10.1. The molecule has 3 unspecified atom stereocenters. The number of benzene rings is 1. The Kier molecular flexibility index (Phi) is 8.41. The van der Waals surface area contributed by atoms with Crippen LogP contribution in [0.15, 0.2) is 24.3 Å². The van der Waals surface area contributed by atoms with Crippen LogP contribution in [0.25, 0.3) is 0 Å². The summed E-state index contributed by atoms with van der Waals surface area (Å²) in [6.07, 6.45) is 6.66. The lowest BCUT2D eigenvalue weighted by atomic mass is 9.65. The fourth-order valence-electron chi connectivity index (χ4n) is 5.28. The second-order valence-corrected chi connectivity index (χ2v) is 8.52. The fraction of sp³-hybridized carbons (Fsp3) is 0.667. The number of anilines is 1. The Morgan fingerprint density at radius 1 is 1.11 bits per heavy atom. The summed E-state index contributed by atoms with van der Waals surface area (Å²) >= 11 is 0. The van der Waals surface area contributed by atoms with Crippen LogP contribution in [0.4, 0.5) is 10.1 Å². The smallest absolute Gasteiger partial charge is 0.223 e. The summed E-state index contributed by atoms with van der Waals surface area (Å²) in [7, 11) is 0. The molecule has 3 N–H and O–H groups in total. The summed E-state index contributed by atoms with van der Waals surface area (Å²) < 4.78 is 13.1. The highest BCUT2D eigenvalue weighted by atomic mass is 35.5. The summed E-state index contributed by atoms with van der Waals surface area (Å²) in [6, 6.07) is 7.00. The Bertz CT molecular complexity index is 631. The first kappa shape index (κ1) is 23.2. The molecule has 4 nitrogen and oxygen atoms in total. The van der Waals surface area contributed by atoms with Crippen molar-refractivity contribution in [2.45, 2.75) is 44.6 Å². The van der Waals surface area contributed by atoms with E-state index >= 15 is 0 Å². The van der Waals surface area contributed by atoms with Crippen molar-refractivity contribution in [3.8, 4) is 0 Å². The van der Waals surface area contributed by atoms with Gasteiger partial charge in [0, 0.05) is 37.3 Å². The van der Waals surface area contributed by atoms with E-state index in [2.05, 4.69) is 10.2 Å². The van der Waals surface area contributed by atoms with Crippen LogP contribution < -0.4 is 16.0 Å². The Hall–Kier alpha value is -1.04. The van der Waals surface area contributed by atoms with Crippen molar-refractivity contribution < 1.29 is 9.18 Å². The highest BCUT2D eigenvalue weighted by Gasteiger charge is 2.40. The van der Waals surface area contributed by atoms with Gasteiger partial charge in [-0.2, -0.15) is 0 Å². The van der Waals surface area contributed by atoms with Gasteiger partial charge in [-0.3, -0.25) is 4.79 Å². The standard InChI is InChI=1S/C21H30FN3O.2ClH/c22-18-4-6-19(7-5-18)25-9-8-14(13-25)12-24-21(26)17-10-15-2-1-3-16(11-17)20(15)23;;/h4-7,14-17,20H,1-3,8-13,23H2,(H,24,26);2*1H. The molecule has 1 aromatic carbocycles. The number of nitrogens with two attached hydrogens (primary N) is 1. The minimum atomic E-state index is -0.200. The molecule has 3 atom stereocenters. The minimum absolute atomic E-state index is 0. The molecule has 0 spiro atoms. The van der Waals surface area contributed by atoms with E-state index in [0.717, 1.165) is 44.6 Å². The lowest BCUT2D eigenvalue weighted by Crippen LogP contribution is -2.49. The van der Waals surface area contributed by atoms with Crippen LogP contribution in [0, 0.1) is 29.5 Å². The van der Waals surface area contributed by atoms with E-state index in [4.69, 9.17) is 5.73 Å². The monoisotopic (exact) mass is 431 g/mol. The summed E-state index contributed by atoms with van der Waals surface area (Å²) in [4.78, 5) is 15.0. The average Bonchev–Trinajstić information content (AvgIpc) is 3.09. The van der Waals surface area contributed by atoms with Crippen molar-refractivity contribution >= 4 is 36.4 Å². The van der Waals surface area contributed by atoms with Gasteiger partial charge in [-0.05, 0) is 74.1 Å². The quantitative estimate of drug-likeness (QED) is 0.762. The number of halogens is 3. The molecule has 2 aliphatic carbocycles. The van der Waals surface area contributed by atoms with Gasteiger partial charge in [-0.25, -0.2) is 4.39 Å². The molecular formula is C21H32Cl2FN3O. The van der Waals surface area contributed by atoms with E-state index in [0.29, 0.717) is 23.8 Å². The number of hydrogen-bond donors (Lipinski definition) is 2. The molecule has 4 rings (SSSR count). The largest absolute Gasteiger partial charge is 0.371 e. The molecule has 7 heteroatoms. The molecular weight excluding hydrogens is 400 g/mol. The molecule has 1 saturated heterocycles. The maximum atomic E-state index is 13.1. The summed E-state index contributed by atoms with van der Waals surface area (Å²) in [5, 5.41) is 3.21. The van der Waals surface area contributed by atoms with Gasteiger partial charge in [-0.15, -0.1) is 24.8 Å². The molecule has 28 heavy (non-hydrogen) atoms. The SMILES string of the molecule is Cl.Cl.NC1C2CCCC1CC(C(=O)NCC1CCN(c3ccc(F)cc3)C1)C2. The van der Waals surface area contributed by atoms with E-state index in [1.807, 2.05) is 12.1 Å². The molecule has 3 aliphatic rings. The first-order valence-electron chi connectivity index (χ1n) is 10.1. The maximum absolute atomic E-state index is 13.1. The van der Waals surface area contributed by atoms with Gasteiger partial charge in [-0.1, -0.05) is 6.42 Å². The van der Waals surface area contributed by atoms with Gasteiger partial charge in [0.1, 0.15) is 5.82 Å². The lowest BCUT2D eigenvalue weighted by molar-refractivity contribution is -0.128. The van der Waals surface area contributed by atoms with Gasteiger partial charge in [0.05, 0.1) is 0 Å². The van der Waals surface area contributed by atoms with Crippen molar-refractivity contribution in [3.05, 3.63) is 30.1 Å². The Balaban J connectivity index is 0.00000140. The zero-order chi connectivity index (χ0) is 18.1. The van der Waals surface area contributed by atoms with Gasteiger partial charge in [0.25, 0.3) is 0 Å². The number of hydrogen-bond acceptors (Lipinski definition) is 3. The number of carbonyl (C=O) groups excluding carboxylic acids is 1. The molecule has 0 radical (unpaired) electrons. The molecule has 2 bridgehead atoms. The molecule has 3 fully saturated rings. The first-order chi connectivity index (χ1) is 12.6. The number of fused-ring (bicyclic) bond motifs is 2. The number of rotatable bonds is 4. The second-order valence-electron chi connectivity index (χ2n) is 8.52. The third kappa shape index (κ3) is 5.11. The predicted octanol–water partition coefficient (Wildman–Crippen LogP) is 3.77. The number of nitrogens with zero attached hydrogens (tertiary/aromatic N) is 1. The van der Waals surface area contributed by atoms with Crippen molar-refractivity contribution in [1.82, 2.24) is 5.32 Å². The van der Waals surface area contributed by atoms with Crippen LogP contribution in [0.3, 0.4) is 0 Å². The fourth-order valence-corrected chi connectivity index (χ4v) is 5.28. The van der Waals surface area contributed by atoms with Crippen molar-refractivity contribution in [3.63, 3.8) is 0 Å². The number of amides is 1. The van der Waals surface area contributed by atoms with Crippen LogP contribution in [0.1, 0.15) is 38.5 Å². The number of carbonyl (C=O) groups is 1. The third-order valence-corrected chi connectivity index (χ3v) is 6.83.